The van der Waals surface area contributed by atoms with E-state index >= 15 is 0 Å². The summed E-state index contributed by atoms with van der Waals surface area (Å²) in [5, 5.41) is 3.77. The molecule has 1 aromatic carbocycles. The zero-order valence-corrected chi connectivity index (χ0v) is 7.69. The van der Waals surface area contributed by atoms with Crippen molar-refractivity contribution in [1.29, 1.82) is 0 Å². The van der Waals surface area contributed by atoms with Crippen molar-refractivity contribution < 1.29 is 4.52 Å². The van der Waals surface area contributed by atoms with Gasteiger partial charge in [0.25, 0.3) is 0 Å². The summed E-state index contributed by atoms with van der Waals surface area (Å²) in [4.78, 5) is 4.08. The predicted molar refractivity (Wildman–Crippen MR) is 53.3 cm³/mol. The number of nitrogens with two attached hydrogens (primary N) is 2. The Morgan fingerprint density at radius 3 is 2.57 bits per heavy atom. The monoisotopic (exact) mass is 190 g/mol. The molecule has 0 bridgehead atoms. The predicted octanol–water partition coefficient (Wildman–Crippen LogP) is 1.21. The summed E-state index contributed by atoms with van der Waals surface area (Å²) in [7, 11) is 0. The third-order valence-corrected chi connectivity index (χ3v) is 1.87. The molecule has 0 radical (unpaired) electrons. The molecule has 0 aliphatic carbocycles. The second-order valence-corrected chi connectivity index (χ2v) is 2.98. The van der Waals surface area contributed by atoms with E-state index in [1.165, 1.54) is 0 Å². The number of nitrogen functional groups attached to an aromatic ring is 2. The molecule has 5 heteroatoms. The summed E-state index contributed by atoms with van der Waals surface area (Å²) in [6.45, 7) is 1.73. The second kappa shape index (κ2) is 3.02. The Bertz CT molecular complexity index is 464. The summed E-state index contributed by atoms with van der Waals surface area (Å²) in [6.07, 6.45) is 0. The van der Waals surface area contributed by atoms with Crippen molar-refractivity contribution >= 4 is 11.4 Å². The van der Waals surface area contributed by atoms with E-state index in [-0.39, 0.29) is 0 Å². The van der Waals surface area contributed by atoms with Crippen molar-refractivity contribution in [3.63, 3.8) is 0 Å². The van der Waals surface area contributed by atoms with Crippen LogP contribution >= 0.6 is 0 Å². The minimum absolute atomic E-state index is 0.518. The van der Waals surface area contributed by atoms with Gasteiger partial charge in [-0.3, -0.25) is 0 Å². The maximum Gasteiger partial charge on any atom is 0.223 e. The number of nitrogens with zero attached hydrogens (tertiary/aromatic N) is 2. The quantitative estimate of drug-likeness (QED) is 0.659. The minimum atomic E-state index is 0.518. The highest BCUT2D eigenvalue weighted by atomic mass is 16.5. The van der Waals surface area contributed by atoms with Gasteiger partial charge >= 0.3 is 0 Å². The lowest BCUT2D eigenvalue weighted by molar-refractivity contribution is 0.394. The van der Waals surface area contributed by atoms with Crippen LogP contribution in [0.25, 0.3) is 11.4 Å². The summed E-state index contributed by atoms with van der Waals surface area (Å²) in [5.41, 5.74) is 13.1. The number of anilines is 2. The van der Waals surface area contributed by atoms with E-state index in [0.717, 1.165) is 5.56 Å². The van der Waals surface area contributed by atoms with Gasteiger partial charge in [0.1, 0.15) is 0 Å². The maximum absolute atomic E-state index is 5.65. The molecule has 14 heavy (non-hydrogen) atoms. The Labute approximate surface area is 80.7 Å². The van der Waals surface area contributed by atoms with Crippen molar-refractivity contribution in [3.8, 4) is 11.4 Å². The van der Waals surface area contributed by atoms with E-state index in [2.05, 4.69) is 10.1 Å². The fourth-order valence-corrected chi connectivity index (χ4v) is 1.13. The molecule has 0 amide bonds. The van der Waals surface area contributed by atoms with E-state index in [9.17, 15) is 0 Å². The van der Waals surface area contributed by atoms with Gasteiger partial charge in [0.05, 0.1) is 11.4 Å². The van der Waals surface area contributed by atoms with Crippen LogP contribution in [0.5, 0.6) is 0 Å². The van der Waals surface area contributed by atoms with Crippen LogP contribution in [0.2, 0.25) is 0 Å². The van der Waals surface area contributed by atoms with Gasteiger partial charge < -0.3 is 16.0 Å². The van der Waals surface area contributed by atoms with Gasteiger partial charge in [0.2, 0.25) is 11.7 Å². The third-order valence-electron chi connectivity index (χ3n) is 1.87. The average Bonchev–Trinajstić information content (AvgIpc) is 2.57. The highest BCUT2D eigenvalue weighted by Gasteiger charge is 2.06. The SMILES string of the molecule is Cc1nc(-c2ccc(N)c(N)c2)no1. The fraction of sp³-hybridized carbons (Fsp3) is 0.111. The Hall–Kier alpha value is -2.04. The van der Waals surface area contributed by atoms with Crippen LogP contribution in [0.4, 0.5) is 11.4 Å². The second-order valence-electron chi connectivity index (χ2n) is 2.98. The molecular formula is C9H10N4O. The van der Waals surface area contributed by atoms with Crippen LogP contribution in [-0.4, -0.2) is 10.1 Å². The molecule has 5 nitrogen and oxygen atoms in total. The molecule has 0 fully saturated rings. The summed E-state index contributed by atoms with van der Waals surface area (Å²) < 4.78 is 4.86. The number of benzene rings is 1. The molecule has 1 heterocycles. The number of aromatic nitrogens is 2. The topological polar surface area (TPSA) is 91.0 Å². The highest BCUT2D eigenvalue weighted by molar-refractivity contribution is 5.71. The van der Waals surface area contributed by atoms with Gasteiger partial charge in [-0.05, 0) is 18.2 Å². The Morgan fingerprint density at radius 2 is 2.00 bits per heavy atom. The Balaban J connectivity index is 2.47. The highest BCUT2D eigenvalue weighted by Crippen LogP contribution is 2.22. The van der Waals surface area contributed by atoms with E-state index in [1.54, 1.807) is 25.1 Å². The lowest BCUT2D eigenvalue weighted by Gasteiger charge is -2.00. The number of aryl methyl sites for hydroxylation is 1. The summed E-state index contributed by atoms with van der Waals surface area (Å²) in [5.74, 6) is 1.05. The third kappa shape index (κ3) is 1.39. The molecule has 0 atom stereocenters. The van der Waals surface area contributed by atoms with E-state index in [0.29, 0.717) is 23.1 Å². The van der Waals surface area contributed by atoms with Crippen LogP contribution < -0.4 is 11.5 Å². The number of rotatable bonds is 1. The van der Waals surface area contributed by atoms with Crippen LogP contribution in [0.1, 0.15) is 5.89 Å². The van der Waals surface area contributed by atoms with Gasteiger partial charge in [-0.1, -0.05) is 5.16 Å². The van der Waals surface area contributed by atoms with Crippen molar-refractivity contribution in [1.82, 2.24) is 10.1 Å². The molecule has 0 saturated carbocycles. The van der Waals surface area contributed by atoms with Gasteiger partial charge in [0.15, 0.2) is 0 Å². The maximum atomic E-state index is 5.65. The molecule has 72 valence electrons. The van der Waals surface area contributed by atoms with E-state index in [4.69, 9.17) is 16.0 Å². The standard InChI is InChI=1S/C9H10N4O/c1-5-12-9(13-14-5)6-2-3-7(10)8(11)4-6/h2-4H,10-11H2,1H3. The van der Waals surface area contributed by atoms with Crippen LogP contribution in [-0.2, 0) is 0 Å². The lowest BCUT2D eigenvalue weighted by Crippen LogP contribution is -1.94. The summed E-state index contributed by atoms with van der Waals surface area (Å²) in [6, 6.07) is 5.24. The normalized spacial score (nSPS) is 10.4. The fourth-order valence-electron chi connectivity index (χ4n) is 1.13. The lowest BCUT2D eigenvalue weighted by atomic mass is 10.1. The zero-order valence-electron chi connectivity index (χ0n) is 7.69. The molecule has 2 aromatic rings. The van der Waals surface area contributed by atoms with Gasteiger partial charge in [0, 0.05) is 12.5 Å². The molecule has 1 aromatic heterocycles. The molecule has 0 saturated heterocycles. The summed E-state index contributed by atoms with van der Waals surface area (Å²) >= 11 is 0. The molecule has 0 unspecified atom stereocenters. The van der Waals surface area contributed by atoms with Crippen molar-refractivity contribution in [2.45, 2.75) is 6.92 Å². The number of hydrogen-bond acceptors (Lipinski definition) is 5. The Morgan fingerprint density at radius 1 is 1.21 bits per heavy atom. The molecule has 2 rings (SSSR count). The average molecular weight is 190 g/mol. The molecule has 4 N–H and O–H groups in total. The van der Waals surface area contributed by atoms with Gasteiger partial charge in [-0.2, -0.15) is 4.98 Å². The largest absolute Gasteiger partial charge is 0.397 e. The van der Waals surface area contributed by atoms with Crippen LogP contribution in [0, 0.1) is 6.92 Å². The first-order chi connectivity index (χ1) is 6.66. The smallest absolute Gasteiger partial charge is 0.223 e. The molecular weight excluding hydrogens is 180 g/mol. The van der Waals surface area contributed by atoms with Crippen LogP contribution in [0.3, 0.4) is 0 Å². The van der Waals surface area contributed by atoms with Gasteiger partial charge in [-0.25, -0.2) is 0 Å². The minimum Gasteiger partial charge on any atom is -0.397 e. The van der Waals surface area contributed by atoms with Crippen molar-refractivity contribution in [2.75, 3.05) is 11.5 Å². The number of hydrogen-bond donors (Lipinski definition) is 2. The molecule has 0 aliphatic heterocycles. The molecule has 0 aliphatic rings. The van der Waals surface area contributed by atoms with E-state index < -0.39 is 0 Å². The Kier molecular flexibility index (Phi) is 1.85. The first kappa shape index (κ1) is 8.55. The first-order valence-electron chi connectivity index (χ1n) is 4.12. The first-order valence-corrected chi connectivity index (χ1v) is 4.12. The van der Waals surface area contributed by atoms with Gasteiger partial charge in [-0.15, -0.1) is 0 Å². The van der Waals surface area contributed by atoms with Crippen molar-refractivity contribution in [3.05, 3.63) is 24.1 Å². The van der Waals surface area contributed by atoms with Crippen molar-refractivity contribution in [2.24, 2.45) is 0 Å². The van der Waals surface area contributed by atoms with E-state index in [1.807, 2.05) is 0 Å². The molecule has 0 spiro atoms. The van der Waals surface area contributed by atoms with Crippen LogP contribution in [0.15, 0.2) is 22.7 Å². The zero-order chi connectivity index (χ0) is 10.1.